The summed E-state index contributed by atoms with van der Waals surface area (Å²) in [7, 11) is 0. The van der Waals surface area contributed by atoms with E-state index in [1.54, 1.807) is 31.2 Å². The largest absolute Gasteiger partial charge is 0.498 e. The van der Waals surface area contributed by atoms with Gasteiger partial charge in [0.1, 0.15) is 6.20 Å². The summed E-state index contributed by atoms with van der Waals surface area (Å²) < 4.78 is 4.27. The third kappa shape index (κ3) is 1.92. The molecule has 2 unspecified atom stereocenters. The number of esters is 1. The maximum atomic E-state index is 11.9. The highest BCUT2D eigenvalue weighted by Gasteiger charge is 2.46. The summed E-state index contributed by atoms with van der Waals surface area (Å²) in [5.74, 6) is -0.562. The number of hydrogen-bond donors (Lipinski definition) is 0. The molecule has 0 aromatic heterocycles. The number of amides is 1. The van der Waals surface area contributed by atoms with Crippen LogP contribution in [0.5, 0.6) is 0 Å². The number of nitrogens with zero attached hydrogens (tertiary/aromatic N) is 1. The molecule has 0 saturated heterocycles. The average molecular weight is 261 g/mol. The summed E-state index contributed by atoms with van der Waals surface area (Å²) in [5.41, 5.74) is 1.28. The Hall–Kier alpha value is -2.14. The Morgan fingerprint density at radius 2 is 2.05 bits per heavy atom. The van der Waals surface area contributed by atoms with Crippen LogP contribution in [0.2, 0.25) is 0 Å². The maximum Gasteiger partial charge on any atom is 0.365 e. The fourth-order valence-corrected chi connectivity index (χ4v) is 2.33. The Morgan fingerprint density at radius 1 is 1.37 bits per heavy atom. The second-order valence-electron chi connectivity index (χ2n) is 4.35. The minimum atomic E-state index is -1.35. The number of quaternary nitrogens is 1. The Balaban J connectivity index is 2.50. The molecule has 1 heterocycles. The summed E-state index contributed by atoms with van der Waals surface area (Å²) in [4.78, 5) is 23.5. The normalized spacial score (nSPS) is 21.8. The first kappa shape index (κ1) is 13.3. The van der Waals surface area contributed by atoms with Crippen molar-refractivity contribution in [3.05, 3.63) is 36.0 Å². The molecular weight excluding hydrogens is 246 g/mol. The van der Waals surface area contributed by atoms with Gasteiger partial charge in [-0.2, -0.15) is 0 Å². The van der Waals surface area contributed by atoms with Gasteiger partial charge in [0.05, 0.1) is 6.61 Å². The molecule has 2 rings (SSSR count). The van der Waals surface area contributed by atoms with E-state index in [1.165, 1.54) is 13.1 Å². The Kier molecular flexibility index (Phi) is 3.40. The molecule has 0 fully saturated rings. The number of benzene rings is 1. The average Bonchev–Trinajstić information content (AvgIpc) is 2.78. The van der Waals surface area contributed by atoms with Gasteiger partial charge >= 0.3 is 5.97 Å². The third-order valence-electron chi connectivity index (χ3n) is 3.37. The van der Waals surface area contributed by atoms with Crippen LogP contribution in [-0.4, -0.2) is 24.7 Å². The molecule has 5 nitrogen and oxygen atoms in total. The molecule has 5 heteroatoms. The van der Waals surface area contributed by atoms with Crippen LogP contribution in [0.4, 0.5) is 10.5 Å². The second kappa shape index (κ2) is 4.85. The van der Waals surface area contributed by atoms with E-state index in [4.69, 9.17) is 4.74 Å². The van der Waals surface area contributed by atoms with E-state index >= 15 is 0 Å². The molecule has 1 aromatic rings. The zero-order chi connectivity index (χ0) is 14.0. The molecule has 0 radical (unpaired) electrons. The first-order valence-corrected chi connectivity index (χ1v) is 6.09. The molecule has 1 aromatic carbocycles. The first-order chi connectivity index (χ1) is 9.04. The fourth-order valence-electron chi connectivity index (χ4n) is 2.33. The quantitative estimate of drug-likeness (QED) is 0.607. The van der Waals surface area contributed by atoms with Crippen molar-refractivity contribution < 1.29 is 19.4 Å². The van der Waals surface area contributed by atoms with Crippen LogP contribution >= 0.6 is 0 Å². The van der Waals surface area contributed by atoms with Crippen molar-refractivity contribution in [2.45, 2.75) is 19.9 Å². The Labute approximate surface area is 111 Å². The highest BCUT2D eigenvalue weighted by molar-refractivity contribution is 5.96. The smallest absolute Gasteiger partial charge is 0.365 e. The SMILES string of the molecule is CCOC(=O)C(C)[N+]1(C(=O)[O-])C=Cc2ccccc21. The van der Waals surface area contributed by atoms with Gasteiger partial charge in [0.15, 0.2) is 11.7 Å². The number of fused-ring (bicyclic) bond motifs is 1. The van der Waals surface area contributed by atoms with Crippen molar-refractivity contribution in [1.29, 1.82) is 0 Å². The lowest BCUT2D eigenvalue weighted by atomic mass is 10.1. The summed E-state index contributed by atoms with van der Waals surface area (Å²) in [6.07, 6.45) is 1.80. The number of rotatable bonds is 3. The van der Waals surface area contributed by atoms with Crippen LogP contribution in [0.25, 0.3) is 6.08 Å². The predicted molar refractivity (Wildman–Crippen MR) is 68.8 cm³/mol. The van der Waals surface area contributed by atoms with Gasteiger partial charge in [0, 0.05) is 24.6 Å². The summed E-state index contributed by atoms with van der Waals surface area (Å²) in [6, 6.07) is 6.13. The number of hydrogen-bond acceptors (Lipinski definition) is 4. The van der Waals surface area contributed by atoms with Crippen LogP contribution < -0.4 is 9.59 Å². The van der Waals surface area contributed by atoms with E-state index in [2.05, 4.69) is 0 Å². The van der Waals surface area contributed by atoms with Crippen molar-refractivity contribution in [3.63, 3.8) is 0 Å². The van der Waals surface area contributed by atoms with Crippen molar-refractivity contribution >= 4 is 23.8 Å². The van der Waals surface area contributed by atoms with Gasteiger partial charge in [-0.3, -0.25) is 0 Å². The first-order valence-electron chi connectivity index (χ1n) is 6.09. The van der Waals surface area contributed by atoms with Crippen LogP contribution in [-0.2, 0) is 9.53 Å². The van der Waals surface area contributed by atoms with Crippen molar-refractivity contribution in [2.75, 3.05) is 6.61 Å². The highest BCUT2D eigenvalue weighted by atomic mass is 16.5. The van der Waals surface area contributed by atoms with Crippen LogP contribution in [0.1, 0.15) is 19.4 Å². The number of carbonyl (C=O) groups excluding carboxylic acids is 2. The van der Waals surface area contributed by atoms with Gasteiger partial charge in [0.2, 0.25) is 0 Å². The molecule has 2 atom stereocenters. The van der Waals surface area contributed by atoms with E-state index in [0.717, 1.165) is 5.56 Å². The van der Waals surface area contributed by atoms with Crippen molar-refractivity contribution in [2.24, 2.45) is 0 Å². The summed E-state index contributed by atoms with van der Waals surface area (Å²) in [5, 5.41) is 11.6. The van der Waals surface area contributed by atoms with Gasteiger partial charge in [-0.15, -0.1) is 0 Å². The number of carbonyl (C=O) groups is 2. The molecule has 1 aliphatic heterocycles. The standard InChI is InChI=1S/C14H15NO4/c1-3-19-13(16)10(2)15(14(17)18)9-8-11-6-4-5-7-12(11)15/h4-10H,3H2,1-2H3. The Bertz CT molecular complexity index is 552. The monoisotopic (exact) mass is 261 g/mol. The van der Waals surface area contributed by atoms with Crippen molar-refractivity contribution in [3.8, 4) is 0 Å². The lowest BCUT2D eigenvalue weighted by molar-refractivity contribution is -0.263. The summed E-state index contributed by atoms with van der Waals surface area (Å²) >= 11 is 0. The number of para-hydroxylation sites is 1. The van der Waals surface area contributed by atoms with Gasteiger partial charge in [-0.25, -0.2) is 9.28 Å². The van der Waals surface area contributed by atoms with Crippen LogP contribution in [0.15, 0.2) is 30.5 Å². The van der Waals surface area contributed by atoms with Gasteiger partial charge in [-0.05, 0) is 13.0 Å². The maximum absolute atomic E-state index is 11.9. The molecule has 1 amide bonds. The lowest BCUT2D eigenvalue weighted by Gasteiger charge is -2.35. The number of ether oxygens (including phenoxy) is 1. The molecule has 0 spiro atoms. The van der Waals surface area contributed by atoms with Gasteiger partial charge in [-0.1, -0.05) is 12.1 Å². The molecule has 0 bridgehead atoms. The van der Waals surface area contributed by atoms with E-state index in [-0.39, 0.29) is 6.61 Å². The van der Waals surface area contributed by atoms with E-state index in [9.17, 15) is 14.7 Å². The van der Waals surface area contributed by atoms with Gasteiger partial charge in [0.25, 0.3) is 6.09 Å². The molecule has 19 heavy (non-hydrogen) atoms. The van der Waals surface area contributed by atoms with Gasteiger partial charge < -0.3 is 14.6 Å². The minimum absolute atomic E-state index is 0.210. The molecule has 100 valence electrons. The zero-order valence-electron chi connectivity index (χ0n) is 10.8. The third-order valence-corrected chi connectivity index (χ3v) is 3.37. The zero-order valence-corrected chi connectivity index (χ0v) is 10.8. The number of carboxylic acid groups (broad SMARTS) is 1. The van der Waals surface area contributed by atoms with E-state index < -0.39 is 22.6 Å². The highest BCUT2D eigenvalue weighted by Crippen LogP contribution is 2.37. The molecule has 0 saturated carbocycles. The molecule has 0 aliphatic carbocycles. The second-order valence-corrected chi connectivity index (χ2v) is 4.35. The van der Waals surface area contributed by atoms with Crippen molar-refractivity contribution in [1.82, 2.24) is 4.48 Å². The molecule has 0 N–H and O–H groups in total. The topological polar surface area (TPSA) is 66.4 Å². The lowest BCUT2D eigenvalue weighted by Crippen LogP contribution is -2.63. The van der Waals surface area contributed by atoms with Crippen LogP contribution in [0, 0.1) is 0 Å². The van der Waals surface area contributed by atoms with E-state index in [1.807, 2.05) is 6.07 Å². The van der Waals surface area contributed by atoms with Crippen LogP contribution in [0.3, 0.4) is 0 Å². The molecule has 1 aliphatic rings. The molecular formula is C14H15NO4. The van der Waals surface area contributed by atoms with E-state index in [0.29, 0.717) is 5.69 Å². The fraction of sp³-hybridized carbons (Fsp3) is 0.286. The predicted octanol–water partition coefficient (Wildman–Crippen LogP) is 1.27. The summed E-state index contributed by atoms with van der Waals surface area (Å²) in [6.45, 7) is 3.42. The Morgan fingerprint density at radius 3 is 2.68 bits per heavy atom. The minimum Gasteiger partial charge on any atom is -0.498 e.